The molecule has 0 aliphatic rings. The summed E-state index contributed by atoms with van der Waals surface area (Å²) in [6, 6.07) is 0. The van der Waals surface area contributed by atoms with E-state index in [2.05, 4.69) is 21.0 Å². The summed E-state index contributed by atoms with van der Waals surface area (Å²) in [5.41, 5.74) is -2.17. The van der Waals surface area contributed by atoms with Crippen LogP contribution in [-0.2, 0) is 17.9 Å². The Bertz CT molecular complexity index is 413. The monoisotopic (exact) mass is 284 g/mol. The van der Waals surface area contributed by atoms with Crippen molar-refractivity contribution in [3.63, 3.8) is 0 Å². The SMILES string of the molecule is CCc1c(CBr)n[nH]c(=O)c1C(F)(F)F. The fourth-order valence-electron chi connectivity index (χ4n) is 1.31. The summed E-state index contributed by atoms with van der Waals surface area (Å²) in [4.78, 5) is 11.1. The van der Waals surface area contributed by atoms with Crippen molar-refractivity contribution in [2.75, 3.05) is 0 Å². The van der Waals surface area contributed by atoms with E-state index in [0.717, 1.165) is 0 Å². The molecular formula is C8H8BrF3N2O. The molecule has 0 aliphatic carbocycles. The Morgan fingerprint density at radius 1 is 1.47 bits per heavy atom. The van der Waals surface area contributed by atoms with Crippen molar-refractivity contribution in [2.45, 2.75) is 24.9 Å². The van der Waals surface area contributed by atoms with Crippen LogP contribution in [0.4, 0.5) is 13.2 Å². The van der Waals surface area contributed by atoms with Crippen LogP contribution >= 0.6 is 15.9 Å². The molecule has 0 radical (unpaired) electrons. The van der Waals surface area contributed by atoms with Gasteiger partial charge in [0.15, 0.2) is 0 Å². The molecule has 1 N–H and O–H groups in total. The molecule has 0 amide bonds. The molecule has 0 atom stereocenters. The number of hydrogen-bond donors (Lipinski definition) is 1. The van der Waals surface area contributed by atoms with Gasteiger partial charge < -0.3 is 0 Å². The average Bonchev–Trinajstić information content (AvgIpc) is 2.15. The molecule has 1 rings (SSSR count). The Hall–Kier alpha value is -0.850. The number of rotatable bonds is 2. The van der Waals surface area contributed by atoms with E-state index in [1.54, 1.807) is 6.92 Å². The van der Waals surface area contributed by atoms with Gasteiger partial charge in [-0.05, 0) is 12.0 Å². The molecule has 0 fully saturated rings. The number of nitrogens with one attached hydrogen (secondary N) is 1. The molecule has 0 unspecified atom stereocenters. The van der Waals surface area contributed by atoms with Crippen molar-refractivity contribution in [1.82, 2.24) is 10.2 Å². The summed E-state index contributed by atoms with van der Waals surface area (Å²) in [6.45, 7) is 1.55. The number of nitrogens with zero attached hydrogens (tertiary/aromatic N) is 1. The van der Waals surface area contributed by atoms with Crippen LogP contribution in [0.2, 0.25) is 0 Å². The van der Waals surface area contributed by atoms with E-state index < -0.39 is 17.3 Å². The first-order valence-corrected chi connectivity index (χ1v) is 5.27. The zero-order valence-corrected chi connectivity index (χ0v) is 9.37. The lowest BCUT2D eigenvalue weighted by atomic mass is 10.1. The van der Waals surface area contributed by atoms with Crippen molar-refractivity contribution in [2.24, 2.45) is 0 Å². The summed E-state index contributed by atoms with van der Waals surface area (Å²) >= 11 is 3.02. The highest BCUT2D eigenvalue weighted by atomic mass is 79.9. The number of alkyl halides is 4. The van der Waals surface area contributed by atoms with E-state index in [4.69, 9.17) is 0 Å². The van der Waals surface area contributed by atoms with Gasteiger partial charge in [-0.2, -0.15) is 18.3 Å². The fraction of sp³-hybridized carbons (Fsp3) is 0.500. The van der Waals surface area contributed by atoms with Gasteiger partial charge in [-0.3, -0.25) is 4.79 Å². The predicted octanol–water partition coefficient (Wildman–Crippen LogP) is 2.25. The maximum Gasteiger partial charge on any atom is 0.422 e. The Kier molecular flexibility index (Phi) is 3.54. The lowest BCUT2D eigenvalue weighted by molar-refractivity contribution is -0.139. The van der Waals surface area contributed by atoms with E-state index in [1.807, 2.05) is 5.10 Å². The Morgan fingerprint density at radius 2 is 2.07 bits per heavy atom. The molecule has 1 aromatic heterocycles. The normalized spacial score (nSPS) is 11.8. The molecule has 0 spiro atoms. The summed E-state index contributed by atoms with van der Waals surface area (Å²) in [5, 5.41) is 5.58. The number of aromatic nitrogens is 2. The van der Waals surface area contributed by atoms with Crippen LogP contribution in [0.15, 0.2) is 4.79 Å². The first kappa shape index (κ1) is 12.2. The molecule has 1 heterocycles. The van der Waals surface area contributed by atoms with Crippen molar-refractivity contribution in [3.05, 3.63) is 27.2 Å². The quantitative estimate of drug-likeness (QED) is 0.847. The number of halogens is 4. The van der Waals surface area contributed by atoms with Crippen LogP contribution < -0.4 is 5.56 Å². The lowest BCUT2D eigenvalue weighted by Crippen LogP contribution is -2.26. The van der Waals surface area contributed by atoms with Gasteiger partial charge in [-0.1, -0.05) is 22.9 Å². The standard InChI is InChI=1S/C8H8BrF3N2O/c1-2-4-5(3-9)13-14-7(15)6(4)8(10,11)12/h2-3H2,1H3,(H,14,15). The van der Waals surface area contributed by atoms with E-state index in [-0.39, 0.29) is 23.0 Å². The Morgan fingerprint density at radius 3 is 2.47 bits per heavy atom. The summed E-state index contributed by atoms with van der Waals surface area (Å²) < 4.78 is 37.6. The molecule has 0 bridgehead atoms. The Balaban J connectivity index is 3.53. The smallest absolute Gasteiger partial charge is 0.267 e. The maximum absolute atomic E-state index is 12.5. The number of hydrogen-bond acceptors (Lipinski definition) is 2. The first-order valence-electron chi connectivity index (χ1n) is 4.15. The molecule has 0 aliphatic heterocycles. The van der Waals surface area contributed by atoms with Gasteiger partial charge in [0.05, 0.1) is 5.69 Å². The van der Waals surface area contributed by atoms with Gasteiger partial charge in [0, 0.05) is 5.33 Å². The predicted molar refractivity (Wildman–Crippen MR) is 51.9 cm³/mol. The molecule has 7 heteroatoms. The second-order valence-electron chi connectivity index (χ2n) is 2.84. The average molecular weight is 285 g/mol. The van der Waals surface area contributed by atoms with Crippen molar-refractivity contribution < 1.29 is 13.2 Å². The first-order chi connectivity index (χ1) is 6.91. The van der Waals surface area contributed by atoms with Gasteiger partial charge in [0.1, 0.15) is 5.56 Å². The zero-order valence-electron chi connectivity index (χ0n) is 7.78. The summed E-state index contributed by atoms with van der Waals surface area (Å²) in [5.74, 6) is 0. The largest absolute Gasteiger partial charge is 0.422 e. The highest BCUT2D eigenvalue weighted by Gasteiger charge is 2.37. The minimum atomic E-state index is -4.64. The van der Waals surface area contributed by atoms with E-state index in [0.29, 0.717) is 0 Å². The molecule has 0 aromatic carbocycles. The van der Waals surface area contributed by atoms with Crippen LogP contribution in [0.5, 0.6) is 0 Å². The second kappa shape index (κ2) is 4.34. The second-order valence-corrected chi connectivity index (χ2v) is 3.40. The molecule has 3 nitrogen and oxygen atoms in total. The highest BCUT2D eigenvalue weighted by Crippen LogP contribution is 2.30. The number of aromatic amines is 1. The molecule has 0 saturated heterocycles. The number of H-pyrrole nitrogens is 1. The summed E-state index contributed by atoms with van der Waals surface area (Å²) in [6.07, 6.45) is -4.52. The molecule has 15 heavy (non-hydrogen) atoms. The zero-order chi connectivity index (χ0) is 11.6. The van der Waals surface area contributed by atoms with E-state index >= 15 is 0 Å². The van der Waals surface area contributed by atoms with E-state index in [9.17, 15) is 18.0 Å². The highest BCUT2D eigenvalue weighted by molar-refractivity contribution is 9.08. The maximum atomic E-state index is 12.5. The van der Waals surface area contributed by atoms with Crippen LogP contribution in [-0.4, -0.2) is 10.2 Å². The third-order valence-corrected chi connectivity index (χ3v) is 2.46. The van der Waals surface area contributed by atoms with Crippen LogP contribution in [0.25, 0.3) is 0 Å². The van der Waals surface area contributed by atoms with Gasteiger partial charge in [-0.25, -0.2) is 5.10 Å². The molecule has 1 aromatic rings. The lowest BCUT2D eigenvalue weighted by Gasteiger charge is -2.12. The van der Waals surface area contributed by atoms with Crippen LogP contribution in [0, 0.1) is 0 Å². The van der Waals surface area contributed by atoms with E-state index in [1.165, 1.54) is 0 Å². The third kappa shape index (κ3) is 2.39. The van der Waals surface area contributed by atoms with Crippen molar-refractivity contribution in [3.8, 4) is 0 Å². The van der Waals surface area contributed by atoms with Gasteiger partial charge in [-0.15, -0.1) is 0 Å². The third-order valence-electron chi connectivity index (χ3n) is 1.93. The Labute approximate surface area is 91.8 Å². The minimum Gasteiger partial charge on any atom is -0.267 e. The van der Waals surface area contributed by atoms with Crippen molar-refractivity contribution in [1.29, 1.82) is 0 Å². The van der Waals surface area contributed by atoms with Crippen molar-refractivity contribution >= 4 is 15.9 Å². The van der Waals surface area contributed by atoms with Gasteiger partial charge >= 0.3 is 6.18 Å². The van der Waals surface area contributed by atoms with Crippen LogP contribution in [0.3, 0.4) is 0 Å². The molecule has 0 saturated carbocycles. The molecule has 84 valence electrons. The minimum absolute atomic E-state index is 0.0527. The molecular weight excluding hydrogens is 277 g/mol. The fourth-order valence-corrected chi connectivity index (χ4v) is 1.78. The van der Waals surface area contributed by atoms with Gasteiger partial charge in [0.2, 0.25) is 0 Å². The van der Waals surface area contributed by atoms with Crippen LogP contribution in [0.1, 0.15) is 23.7 Å². The van der Waals surface area contributed by atoms with Gasteiger partial charge in [0.25, 0.3) is 5.56 Å². The summed E-state index contributed by atoms with van der Waals surface area (Å²) in [7, 11) is 0. The topological polar surface area (TPSA) is 45.8 Å².